The van der Waals surface area contributed by atoms with Gasteiger partial charge in [0.25, 0.3) is 0 Å². The number of phenols is 1. The molecule has 368 valence electrons. The lowest BCUT2D eigenvalue weighted by atomic mass is 9.90. The number of nitrogens with one attached hydrogen (secondary N) is 1. The number of hydrogen-bond acceptors (Lipinski definition) is 12. The van der Waals surface area contributed by atoms with E-state index in [1.54, 1.807) is 24.6 Å². The minimum Gasteiger partial charge on any atom is -0.508 e. The molecule has 17 heteroatoms. The average Bonchev–Trinajstić information content (AvgIpc) is 3.98. The van der Waals surface area contributed by atoms with Crippen molar-refractivity contribution in [1.82, 2.24) is 39.2 Å². The van der Waals surface area contributed by atoms with E-state index in [9.17, 15) is 24.6 Å². The van der Waals surface area contributed by atoms with Crippen molar-refractivity contribution >= 4 is 50.3 Å². The molecule has 2 amide bonds. The van der Waals surface area contributed by atoms with E-state index >= 15 is 8.78 Å². The monoisotopic (exact) mass is 957 g/mol. The van der Waals surface area contributed by atoms with Crippen LogP contribution in [0.3, 0.4) is 0 Å². The number of aromatic nitrogens is 5. The number of rotatable bonds is 11. The van der Waals surface area contributed by atoms with Gasteiger partial charge in [0.05, 0.1) is 27.6 Å². The maximum absolute atomic E-state index is 17.3. The van der Waals surface area contributed by atoms with Crippen molar-refractivity contribution in [1.29, 1.82) is 0 Å². The fourth-order valence-electron chi connectivity index (χ4n) is 12.7. The molecule has 0 radical (unpaired) electrons. The first-order chi connectivity index (χ1) is 33.7. The van der Waals surface area contributed by atoms with Crippen molar-refractivity contribution in [2.75, 3.05) is 50.8 Å². The fraction of sp³-hybridized carbons (Fsp3) is 0.509. The lowest BCUT2D eigenvalue weighted by Crippen LogP contribution is -2.50. The van der Waals surface area contributed by atoms with Gasteiger partial charge >= 0.3 is 11.7 Å². The Bertz CT molecular complexity index is 3130. The Kier molecular flexibility index (Phi) is 11.9. The number of halogens is 2. The highest BCUT2D eigenvalue weighted by Crippen LogP contribution is 2.44. The zero-order valence-electron chi connectivity index (χ0n) is 40.1. The predicted molar refractivity (Wildman–Crippen MR) is 262 cm³/mol. The van der Waals surface area contributed by atoms with E-state index in [0.29, 0.717) is 83.9 Å². The van der Waals surface area contributed by atoms with Crippen LogP contribution in [-0.2, 0) is 29.5 Å². The molecule has 3 aromatic heterocycles. The molecule has 0 aliphatic carbocycles. The molecule has 3 aromatic carbocycles. The highest BCUT2D eigenvalue weighted by Gasteiger charge is 2.50. The number of ether oxygens (including phenoxy) is 1. The molecule has 2 unspecified atom stereocenters. The van der Waals surface area contributed by atoms with Crippen molar-refractivity contribution in [3.05, 3.63) is 81.9 Å². The van der Waals surface area contributed by atoms with E-state index in [2.05, 4.69) is 32.2 Å². The molecule has 5 aliphatic rings. The first-order valence-electron chi connectivity index (χ1n) is 25.1. The number of aromatic hydroxyl groups is 1. The Hall–Kier alpha value is -6.04. The van der Waals surface area contributed by atoms with Gasteiger partial charge in [0.2, 0.25) is 11.8 Å². The summed E-state index contributed by atoms with van der Waals surface area (Å²) in [6, 6.07) is 11.7. The number of hydrogen-bond donors (Lipinski definition) is 3. The van der Waals surface area contributed by atoms with Crippen LogP contribution in [-0.4, -0.2) is 119 Å². The highest BCUT2D eigenvalue weighted by atomic mass is 19.1. The zero-order chi connectivity index (χ0) is 48.6. The number of imide groups is 1. The number of piperidine rings is 3. The maximum atomic E-state index is 17.3. The Balaban J connectivity index is 0.794. The number of aliphatic hydroxyl groups is 1. The van der Waals surface area contributed by atoms with Gasteiger partial charge in [0.15, 0.2) is 5.82 Å². The Morgan fingerprint density at radius 1 is 0.929 bits per heavy atom. The van der Waals surface area contributed by atoms with E-state index in [4.69, 9.17) is 14.7 Å². The Morgan fingerprint density at radius 3 is 2.53 bits per heavy atom. The summed E-state index contributed by atoms with van der Waals surface area (Å²) in [5, 5.41) is 25.7. The average molecular weight is 958 g/mol. The van der Waals surface area contributed by atoms with Gasteiger partial charge in [-0.1, -0.05) is 19.1 Å². The summed E-state index contributed by atoms with van der Waals surface area (Å²) in [5.41, 5.74) is 1.81. The van der Waals surface area contributed by atoms with Crippen LogP contribution in [0.2, 0.25) is 0 Å². The number of carbonyl (C=O) groups excluding carboxylic acids is 2. The summed E-state index contributed by atoms with van der Waals surface area (Å²) in [6.07, 6.45) is 10.8. The molecule has 70 heavy (non-hydrogen) atoms. The van der Waals surface area contributed by atoms with Crippen LogP contribution in [0.1, 0.15) is 95.2 Å². The number of imidazole rings is 1. The summed E-state index contributed by atoms with van der Waals surface area (Å²) < 4.78 is 42.2. The molecule has 5 saturated heterocycles. The molecule has 0 spiro atoms. The van der Waals surface area contributed by atoms with Gasteiger partial charge in [-0.3, -0.25) is 33.9 Å². The zero-order valence-corrected chi connectivity index (χ0v) is 40.1. The van der Waals surface area contributed by atoms with Crippen LogP contribution in [0.4, 0.5) is 14.6 Å². The molecule has 8 heterocycles. The third-order valence-electron chi connectivity index (χ3n) is 16.3. The Labute approximate surface area is 404 Å². The lowest BCUT2D eigenvalue weighted by Gasteiger charge is -2.39. The quantitative estimate of drug-likeness (QED) is 0.118. The molecule has 6 aromatic rings. The smallest absolute Gasteiger partial charge is 0.329 e. The fourth-order valence-corrected chi connectivity index (χ4v) is 12.7. The number of anilines is 1. The number of pyridine rings is 1. The van der Waals surface area contributed by atoms with Crippen molar-refractivity contribution in [2.45, 2.75) is 114 Å². The van der Waals surface area contributed by atoms with Gasteiger partial charge in [-0.05, 0) is 155 Å². The van der Waals surface area contributed by atoms with Crippen LogP contribution >= 0.6 is 0 Å². The minimum atomic E-state index is -0.978. The van der Waals surface area contributed by atoms with Crippen LogP contribution in [0.25, 0.3) is 44.0 Å². The van der Waals surface area contributed by atoms with E-state index in [-0.39, 0.29) is 58.6 Å². The van der Waals surface area contributed by atoms with Gasteiger partial charge in [0.1, 0.15) is 41.2 Å². The molecular formula is C53H61F2N9O6. The van der Waals surface area contributed by atoms with Gasteiger partial charge in [-0.15, -0.1) is 0 Å². The molecule has 11 rings (SSSR count). The third kappa shape index (κ3) is 8.26. The first-order valence-corrected chi connectivity index (χ1v) is 25.1. The predicted octanol–water partition coefficient (Wildman–Crippen LogP) is 6.70. The number of fused-ring (bicyclic) bond motifs is 4. The van der Waals surface area contributed by atoms with Crippen molar-refractivity contribution in [3.8, 4) is 23.0 Å². The first kappa shape index (κ1) is 46.3. The molecular weight excluding hydrogens is 897 g/mol. The van der Waals surface area contributed by atoms with Crippen LogP contribution < -0.4 is 20.6 Å². The molecule has 0 saturated carbocycles. The van der Waals surface area contributed by atoms with E-state index in [1.807, 2.05) is 17.9 Å². The van der Waals surface area contributed by atoms with Crippen LogP contribution in [0.5, 0.6) is 11.8 Å². The van der Waals surface area contributed by atoms with E-state index in [1.165, 1.54) is 29.0 Å². The topological polar surface area (TPSA) is 171 Å². The largest absolute Gasteiger partial charge is 0.508 e. The molecule has 3 N–H and O–H groups in total. The van der Waals surface area contributed by atoms with Crippen molar-refractivity contribution in [3.63, 3.8) is 0 Å². The van der Waals surface area contributed by atoms with Crippen LogP contribution in [0, 0.1) is 17.6 Å². The summed E-state index contributed by atoms with van der Waals surface area (Å²) in [4.78, 5) is 59.3. The Morgan fingerprint density at radius 2 is 1.74 bits per heavy atom. The number of aryl methyl sites for hydroxylation is 2. The normalized spacial score (nSPS) is 24.9. The van der Waals surface area contributed by atoms with Gasteiger partial charge < -0.3 is 24.7 Å². The number of nitrogens with zero attached hydrogens (tertiary/aromatic N) is 8. The second-order valence-corrected chi connectivity index (χ2v) is 21.0. The summed E-state index contributed by atoms with van der Waals surface area (Å²) in [7, 11) is 1.73. The van der Waals surface area contributed by atoms with Gasteiger partial charge in [-0.25, -0.2) is 13.6 Å². The van der Waals surface area contributed by atoms with Crippen molar-refractivity contribution in [2.24, 2.45) is 13.0 Å². The lowest BCUT2D eigenvalue weighted by molar-refractivity contribution is -0.135. The van der Waals surface area contributed by atoms with E-state index in [0.717, 1.165) is 82.2 Å². The number of carbonyl (C=O) groups is 2. The second kappa shape index (κ2) is 18.0. The van der Waals surface area contributed by atoms with Crippen molar-refractivity contribution < 1.29 is 33.3 Å². The standard InChI is InChI=1S/C53H61F2N9O6/c1-4-36-39(54)9-8-33-25-35(65)26-37(44(33)36)46-45(55)47-38(27-56-46)48(62-19-5-16-52(2,69)29-62)59-50(58-47)70-30-53-17-6-20-63(53)34(13-18-53)28-61-21-14-31(15-22-61)23-32-7-10-40-42(24-32)60(3)51(68)64(40)41-11-12-43(66)57-49(41)67/h7-10,24-27,31,34,41,65,69H,4-6,11-23,28-30H2,1-3H3,(H,57,66,67)/t34?,41?,52-,53+/m1/s1. The minimum absolute atomic E-state index is 0.00433. The summed E-state index contributed by atoms with van der Waals surface area (Å²) in [5.74, 6) is -1.05. The third-order valence-corrected chi connectivity index (χ3v) is 16.3. The molecule has 0 bridgehead atoms. The number of amides is 2. The summed E-state index contributed by atoms with van der Waals surface area (Å²) in [6.45, 7) is 8.79. The molecule has 4 atom stereocenters. The highest BCUT2D eigenvalue weighted by molar-refractivity contribution is 6.02. The molecule has 5 fully saturated rings. The van der Waals surface area contributed by atoms with E-state index < -0.39 is 29.2 Å². The number of likely N-dealkylation sites (tertiary alicyclic amines) is 1. The second-order valence-electron chi connectivity index (χ2n) is 21.0. The number of β-amino-alcohol motifs (C(OH)–C–C–N with tert-alkyl or cyclic N) is 1. The van der Waals surface area contributed by atoms with Crippen LogP contribution in [0.15, 0.2) is 53.5 Å². The SMILES string of the molecule is CCc1c(F)ccc2cc(O)cc(-c3ncc4c(N5CCC[C@@](C)(O)C5)nc(OC[C@@]56CCCN5C(CN5CCC(Cc7ccc8c(c7)n(C)c(=O)n8C7CCC(=O)NC7=O)CC5)CC6)nc4c3F)c12. The summed E-state index contributed by atoms with van der Waals surface area (Å²) >= 11 is 0. The number of benzene rings is 3. The molecule has 15 nitrogen and oxygen atoms in total. The maximum Gasteiger partial charge on any atom is 0.329 e. The number of phenolic OH excluding ortho intramolecular Hbond substituents is 1. The van der Waals surface area contributed by atoms with Gasteiger partial charge in [-0.2, -0.15) is 9.97 Å². The van der Waals surface area contributed by atoms with Gasteiger partial charge in [0, 0.05) is 50.9 Å². The molecule has 5 aliphatic heterocycles.